The van der Waals surface area contributed by atoms with E-state index in [1.807, 2.05) is 6.92 Å². The number of nitrogens with one attached hydrogen (secondary N) is 1. The van der Waals surface area contributed by atoms with E-state index in [0.717, 1.165) is 17.5 Å². The molecule has 0 saturated heterocycles. The van der Waals surface area contributed by atoms with E-state index in [0.29, 0.717) is 22.3 Å². The highest BCUT2D eigenvalue weighted by molar-refractivity contribution is 7.99. The Balaban J connectivity index is 2.07. The van der Waals surface area contributed by atoms with Gasteiger partial charge in [0.15, 0.2) is 0 Å². The van der Waals surface area contributed by atoms with E-state index in [4.69, 9.17) is 23.2 Å². The van der Waals surface area contributed by atoms with Gasteiger partial charge in [-0.1, -0.05) is 48.3 Å². The fourth-order valence-corrected chi connectivity index (χ4v) is 4.06. The number of carbonyl (C=O) groups is 2. The van der Waals surface area contributed by atoms with Gasteiger partial charge in [0, 0.05) is 31.0 Å². The molecule has 1 atom stereocenters. The summed E-state index contributed by atoms with van der Waals surface area (Å²) in [5.74, 6) is 0.257. The first-order valence-electron chi connectivity index (χ1n) is 10.0. The number of hydrogen-bond acceptors (Lipinski definition) is 5. The van der Waals surface area contributed by atoms with Gasteiger partial charge < -0.3 is 10.2 Å². The van der Waals surface area contributed by atoms with Crippen LogP contribution in [-0.4, -0.2) is 40.0 Å². The van der Waals surface area contributed by atoms with Crippen LogP contribution >= 0.6 is 35.0 Å². The van der Waals surface area contributed by atoms with Crippen LogP contribution in [0.2, 0.25) is 10.0 Å². The van der Waals surface area contributed by atoms with Crippen LogP contribution < -0.4 is 5.32 Å². The molecule has 10 heteroatoms. The van der Waals surface area contributed by atoms with E-state index in [1.54, 1.807) is 37.3 Å². The van der Waals surface area contributed by atoms with Gasteiger partial charge >= 0.3 is 0 Å². The minimum absolute atomic E-state index is 0.0227. The Hall–Kier alpha value is -2.29. The van der Waals surface area contributed by atoms with Crippen molar-refractivity contribution in [2.24, 2.45) is 0 Å². The van der Waals surface area contributed by atoms with Crippen LogP contribution in [0, 0.1) is 10.1 Å². The van der Waals surface area contributed by atoms with Gasteiger partial charge in [-0.3, -0.25) is 19.7 Å². The lowest BCUT2D eigenvalue weighted by molar-refractivity contribution is -0.384. The Morgan fingerprint density at radius 3 is 2.38 bits per heavy atom. The number of nitro groups is 1. The van der Waals surface area contributed by atoms with Crippen molar-refractivity contribution in [3.05, 3.63) is 73.8 Å². The highest BCUT2D eigenvalue weighted by Gasteiger charge is 2.26. The Bertz CT molecular complexity index is 957. The highest BCUT2D eigenvalue weighted by atomic mass is 35.5. The second-order valence-electron chi connectivity index (χ2n) is 7.15. The lowest BCUT2D eigenvalue weighted by atomic mass is 10.1. The third-order valence-corrected chi connectivity index (χ3v) is 6.42. The van der Waals surface area contributed by atoms with E-state index in [-0.39, 0.29) is 29.8 Å². The lowest BCUT2D eigenvalue weighted by Gasteiger charge is -2.29. The van der Waals surface area contributed by atoms with Gasteiger partial charge in [0.1, 0.15) is 6.04 Å². The fourth-order valence-electron chi connectivity index (χ4n) is 2.87. The molecule has 0 heterocycles. The number of carbonyl (C=O) groups excluding carboxylic acids is 2. The van der Waals surface area contributed by atoms with Crippen molar-refractivity contribution < 1.29 is 14.5 Å². The van der Waals surface area contributed by atoms with Crippen LogP contribution in [0.4, 0.5) is 5.69 Å². The van der Waals surface area contributed by atoms with Gasteiger partial charge in [0.2, 0.25) is 11.8 Å². The van der Waals surface area contributed by atoms with E-state index in [2.05, 4.69) is 5.32 Å². The van der Waals surface area contributed by atoms with Crippen LogP contribution in [-0.2, 0) is 21.9 Å². The number of halogens is 2. The van der Waals surface area contributed by atoms with Crippen molar-refractivity contribution in [3.63, 3.8) is 0 Å². The molecule has 0 radical (unpaired) electrons. The van der Waals surface area contributed by atoms with Crippen molar-refractivity contribution in [2.45, 2.75) is 38.6 Å². The zero-order valence-corrected chi connectivity index (χ0v) is 20.2. The SMILES string of the molecule is CCCNC(=O)[C@H](C)N(Cc1ccc(Cl)c(Cl)c1)C(=O)CSCc1ccc([N+](=O)[O-])cc1. The van der Waals surface area contributed by atoms with Gasteiger partial charge in [0.25, 0.3) is 5.69 Å². The summed E-state index contributed by atoms with van der Waals surface area (Å²) in [6.07, 6.45) is 0.796. The molecular weight excluding hydrogens is 473 g/mol. The van der Waals surface area contributed by atoms with E-state index in [1.165, 1.54) is 28.8 Å². The number of nitrogens with zero attached hydrogens (tertiary/aromatic N) is 2. The zero-order chi connectivity index (χ0) is 23.7. The molecule has 0 aliphatic carbocycles. The summed E-state index contributed by atoms with van der Waals surface area (Å²) < 4.78 is 0. The van der Waals surface area contributed by atoms with Crippen molar-refractivity contribution >= 4 is 52.5 Å². The minimum atomic E-state index is -0.663. The maximum absolute atomic E-state index is 13.0. The largest absolute Gasteiger partial charge is 0.354 e. The smallest absolute Gasteiger partial charge is 0.269 e. The molecule has 2 aromatic rings. The van der Waals surface area contributed by atoms with Crippen LogP contribution in [0.3, 0.4) is 0 Å². The second-order valence-corrected chi connectivity index (χ2v) is 8.95. The summed E-state index contributed by atoms with van der Waals surface area (Å²) in [5.41, 5.74) is 1.66. The summed E-state index contributed by atoms with van der Waals surface area (Å²) >= 11 is 13.5. The molecule has 0 bridgehead atoms. The Kier molecular flexibility index (Phi) is 10.3. The molecule has 0 spiro atoms. The van der Waals surface area contributed by atoms with Crippen LogP contribution in [0.25, 0.3) is 0 Å². The molecule has 0 fully saturated rings. The van der Waals surface area contributed by atoms with Crippen LogP contribution in [0.5, 0.6) is 0 Å². The summed E-state index contributed by atoms with van der Waals surface area (Å²) in [6.45, 7) is 4.40. The maximum atomic E-state index is 13.0. The molecule has 0 aromatic heterocycles. The van der Waals surface area contributed by atoms with Gasteiger partial charge in [-0.05, 0) is 36.6 Å². The summed E-state index contributed by atoms with van der Waals surface area (Å²) in [6, 6.07) is 10.7. The van der Waals surface area contributed by atoms with Crippen molar-refractivity contribution in [1.82, 2.24) is 10.2 Å². The minimum Gasteiger partial charge on any atom is -0.354 e. The van der Waals surface area contributed by atoms with E-state index >= 15 is 0 Å². The average Bonchev–Trinajstić information content (AvgIpc) is 2.77. The molecule has 172 valence electrons. The Morgan fingerprint density at radius 2 is 1.78 bits per heavy atom. The molecule has 1 N–H and O–H groups in total. The number of nitro benzene ring substituents is 1. The lowest BCUT2D eigenvalue weighted by Crippen LogP contribution is -2.48. The molecule has 2 aromatic carbocycles. The molecule has 0 aliphatic heterocycles. The van der Waals surface area contributed by atoms with Crippen LogP contribution in [0.1, 0.15) is 31.4 Å². The topological polar surface area (TPSA) is 92.6 Å². The number of hydrogen-bond donors (Lipinski definition) is 1. The summed E-state index contributed by atoms with van der Waals surface area (Å²) in [5, 5.41) is 14.4. The first-order valence-corrected chi connectivity index (χ1v) is 12.0. The molecular formula is C22H25Cl2N3O4S. The Morgan fingerprint density at radius 1 is 1.12 bits per heavy atom. The number of thioether (sulfide) groups is 1. The van der Waals surface area contributed by atoms with Crippen molar-refractivity contribution in [3.8, 4) is 0 Å². The van der Waals surface area contributed by atoms with Crippen molar-refractivity contribution in [2.75, 3.05) is 12.3 Å². The predicted octanol–water partition coefficient (Wildman–Crippen LogP) is 5.08. The molecule has 2 rings (SSSR count). The monoisotopic (exact) mass is 497 g/mol. The van der Waals surface area contributed by atoms with Gasteiger partial charge in [0.05, 0.1) is 20.7 Å². The number of benzene rings is 2. The molecule has 0 aliphatic rings. The maximum Gasteiger partial charge on any atom is 0.269 e. The fraction of sp³-hybridized carbons (Fsp3) is 0.364. The first kappa shape index (κ1) is 26.0. The third-order valence-electron chi connectivity index (χ3n) is 4.69. The highest BCUT2D eigenvalue weighted by Crippen LogP contribution is 2.24. The third kappa shape index (κ3) is 7.69. The molecule has 0 saturated carbocycles. The van der Waals surface area contributed by atoms with Gasteiger partial charge in [-0.25, -0.2) is 0 Å². The van der Waals surface area contributed by atoms with Crippen molar-refractivity contribution in [1.29, 1.82) is 0 Å². The first-order chi connectivity index (χ1) is 15.2. The predicted molar refractivity (Wildman–Crippen MR) is 129 cm³/mol. The van der Waals surface area contributed by atoms with E-state index in [9.17, 15) is 19.7 Å². The summed E-state index contributed by atoms with van der Waals surface area (Å²) in [4.78, 5) is 37.4. The van der Waals surface area contributed by atoms with Gasteiger partial charge in [-0.15, -0.1) is 11.8 Å². The summed E-state index contributed by atoms with van der Waals surface area (Å²) in [7, 11) is 0. The zero-order valence-electron chi connectivity index (χ0n) is 17.8. The van der Waals surface area contributed by atoms with Gasteiger partial charge in [-0.2, -0.15) is 0 Å². The number of amides is 2. The quantitative estimate of drug-likeness (QED) is 0.345. The normalized spacial score (nSPS) is 11.6. The number of non-ortho nitro benzene ring substituents is 1. The van der Waals surface area contributed by atoms with E-state index < -0.39 is 11.0 Å². The average molecular weight is 498 g/mol. The molecule has 7 nitrogen and oxygen atoms in total. The second kappa shape index (κ2) is 12.7. The standard InChI is InChI=1S/C22H25Cl2N3O4S/c1-3-10-25-22(29)15(2)26(12-17-6-9-19(23)20(24)11-17)21(28)14-32-13-16-4-7-18(8-5-16)27(30)31/h4-9,11,15H,3,10,12-14H2,1-2H3,(H,25,29)/t15-/m0/s1. The molecule has 32 heavy (non-hydrogen) atoms. The number of rotatable bonds is 11. The molecule has 0 unspecified atom stereocenters. The van der Waals surface area contributed by atoms with Crippen LogP contribution in [0.15, 0.2) is 42.5 Å². The molecule has 2 amide bonds. The Labute approximate surface area is 201 Å².